The summed E-state index contributed by atoms with van der Waals surface area (Å²) in [7, 11) is 0. The number of aromatic nitrogens is 2. The van der Waals surface area contributed by atoms with Gasteiger partial charge in [-0.05, 0) is 32.2 Å². The van der Waals surface area contributed by atoms with E-state index in [9.17, 15) is 35.9 Å². The molecule has 1 aromatic rings. The molecule has 2 N–H and O–H groups in total. The third kappa shape index (κ3) is 6.12. The van der Waals surface area contributed by atoms with Crippen LogP contribution in [0.3, 0.4) is 0 Å². The average molecular weight is 580 g/mol. The lowest BCUT2D eigenvalue weighted by Gasteiger charge is -2.42. The minimum Gasteiger partial charge on any atom is -0.373 e. The van der Waals surface area contributed by atoms with Gasteiger partial charge < -0.3 is 14.5 Å². The minimum atomic E-state index is -4.67. The zero-order valence-corrected chi connectivity index (χ0v) is 21.5. The van der Waals surface area contributed by atoms with E-state index < -0.39 is 35.8 Å². The third-order valence-electron chi connectivity index (χ3n) is 8.16. The van der Waals surface area contributed by atoms with Gasteiger partial charge in [-0.3, -0.25) is 19.9 Å². The van der Waals surface area contributed by atoms with Crippen molar-refractivity contribution in [2.45, 2.75) is 68.7 Å². The van der Waals surface area contributed by atoms with Crippen molar-refractivity contribution in [3.05, 3.63) is 18.0 Å². The molecule has 5 atom stereocenters. The maximum atomic E-state index is 13.7. The number of hydrogen-bond donors (Lipinski definition) is 2. The van der Waals surface area contributed by atoms with Gasteiger partial charge in [0.05, 0.1) is 24.2 Å². The molecule has 40 heavy (non-hydrogen) atoms. The number of piperazine rings is 1. The first kappa shape index (κ1) is 28.8. The van der Waals surface area contributed by atoms with Gasteiger partial charge in [0.25, 0.3) is 0 Å². The van der Waals surface area contributed by atoms with Crippen molar-refractivity contribution in [3.63, 3.8) is 0 Å². The summed E-state index contributed by atoms with van der Waals surface area (Å²) in [6.07, 6.45) is -5.69. The molecule has 0 saturated carbocycles. The van der Waals surface area contributed by atoms with E-state index in [1.807, 2.05) is 0 Å². The molecule has 1 aromatic heterocycles. The molecule has 0 radical (unpaired) electrons. The van der Waals surface area contributed by atoms with Crippen LogP contribution in [0.1, 0.15) is 37.7 Å². The van der Waals surface area contributed by atoms with Gasteiger partial charge in [0.2, 0.25) is 17.8 Å². The maximum Gasteiger partial charge on any atom is 0.419 e. The highest BCUT2D eigenvalue weighted by Crippen LogP contribution is 2.39. The minimum absolute atomic E-state index is 0.0233. The van der Waals surface area contributed by atoms with Gasteiger partial charge >= 0.3 is 12.4 Å². The first-order valence-electron chi connectivity index (χ1n) is 13.3. The summed E-state index contributed by atoms with van der Waals surface area (Å²) < 4.78 is 85.6. The largest absolute Gasteiger partial charge is 0.419 e. The summed E-state index contributed by atoms with van der Waals surface area (Å²) in [6.45, 7) is 1.85. The van der Waals surface area contributed by atoms with E-state index in [4.69, 9.17) is 4.74 Å². The van der Waals surface area contributed by atoms with Crippen molar-refractivity contribution in [1.82, 2.24) is 30.6 Å². The van der Waals surface area contributed by atoms with Crippen molar-refractivity contribution in [1.29, 1.82) is 0 Å². The molecule has 4 aliphatic rings. The molecule has 0 spiro atoms. The molecule has 5 rings (SSSR count). The van der Waals surface area contributed by atoms with Crippen molar-refractivity contribution in [2.75, 3.05) is 44.2 Å². The normalized spacial score (nSPS) is 30.6. The van der Waals surface area contributed by atoms with E-state index in [1.165, 1.54) is 0 Å². The van der Waals surface area contributed by atoms with Crippen LogP contribution in [0.5, 0.6) is 0 Å². The van der Waals surface area contributed by atoms with Crippen molar-refractivity contribution in [2.24, 2.45) is 5.92 Å². The van der Waals surface area contributed by atoms with E-state index in [1.54, 1.807) is 14.7 Å². The number of amides is 2. The molecule has 222 valence electrons. The Morgan fingerprint density at radius 1 is 0.975 bits per heavy atom. The van der Waals surface area contributed by atoms with E-state index in [0.29, 0.717) is 58.4 Å². The fourth-order valence-corrected chi connectivity index (χ4v) is 6.19. The second-order valence-corrected chi connectivity index (χ2v) is 10.6. The number of nitrogens with zero attached hydrogens (tertiary/aromatic N) is 5. The van der Waals surface area contributed by atoms with Gasteiger partial charge in [0.15, 0.2) is 5.92 Å². The number of likely N-dealkylation sites (tertiary alicyclic amines) is 1. The van der Waals surface area contributed by atoms with Gasteiger partial charge in [-0.2, -0.15) is 26.3 Å². The number of carbonyl (C=O) groups is 2. The lowest BCUT2D eigenvalue weighted by atomic mass is 9.93. The lowest BCUT2D eigenvalue weighted by molar-refractivity contribution is -0.202. The van der Waals surface area contributed by atoms with Gasteiger partial charge in [-0.1, -0.05) is 0 Å². The summed E-state index contributed by atoms with van der Waals surface area (Å²) in [6, 6.07) is -1.30. The van der Waals surface area contributed by atoms with Crippen molar-refractivity contribution in [3.8, 4) is 0 Å². The van der Waals surface area contributed by atoms with Crippen LogP contribution in [0, 0.1) is 5.92 Å². The van der Waals surface area contributed by atoms with Crippen LogP contribution in [0.15, 0.2) is 12.4 Å². The number of nitrogens with one attached hydrogen (secondary N) is 2. The highest BCUT2D eigenvalue weighted by molar-refractivity contribution is 5.80. The summed E-state index contributed by atoms with van der Waals surface area (Å²) >= 11 is 0. The SMILES string of the molecule is O=C1NNCC(N2CCC[C@H]2[C@H]2CC[C@@H](CC(=O)N3CCN(c4ncc(C(F)(F)F)cn4)CC3)O2)C1C(F)(F)F. The first-order valence-corrected chi connectivity index (χ1v) is 13.3. The Hall–Kier alpha value is -2.72. The molecular weight excluding hydrogens is 548 g/mol. The Morgan fingerprint density at radius 2 is 1.68 bits per heavy atom. The monoisotopic (exact) mass is 579 g/mol. The van der Waals surface area contributed by atoms with Crippen LogP contribution in [0.4, 0.5) is 32.3 Å². The Balaban J connectivity index is 1.12. The first-order chi connectivity index (χ1) is 18.9. The Labute approximate surface area is 226 Å². The second kappa shape index (κ2) is 11.3. The Morgan fingerprint density at radius 3 is 2.33 bits per heavy atom. The van der Waals surface area contributed by atoms with Crippen LogP contribution in [0.25, 0.3) is 0 Å². The lowest BCUT2D eigenvalue weighted by Crippen LogP contribution is -2.65. The molecule has 4 aliphatic heterocycles. The maximum absolute atomic E-state index is 13.7. The standard InChI is InChI=1S/C24H31F6N7O3/c25-23(26,27)14-11-31-22(32-12-14)36-8-6-35(7-9-36)19(38)10-15-3-4-18(40-15)16-2-1-5-37(16)17-13-33-34-21(39)20(17)24(28,29)30/h11-12,15-18,20,33H,1-10,13H2,(H,34,39)/t15-,16-,17?,18+,20?/m0/s1. The molecule has 0 aliphatic carbocycles. The number of alkyl halides is 6. The highest BCUT2D eigenvalue weighted by Gasteiger charge is 2.55. The van der Waals surface area contributed by atoms with E-state index in [2.05, 4.69) is 20.8 Å². The number of ether oxygens (including phenoxy) is 1. The van der Waals surface area contributed by atoms with Crippen LogP contribution >= 0.6 is 0 Å². The Kier molecular flexibility index (Phi) is 8.12. The highest BCUT2D eigenvalue weighted by atomic mass is 19.4. The predicted octanol–water partition coefficient (Wildman–Crippen LogP) is 1.73. The number of hydrogen-bond acceptors (Lipinski definition) is 8. The van der Waals surface area contributed by atoms with Crippen molar-refractivity contribution >= 4 is 17.8 Å². The quantitative estimate of drug-likeness (QED) is 0.509. The number of carbonyl (C=O) groups excluding carboxylic acids is 2. The number of anilines is 1. The molecular formula is C24H31F6N7O3. The van der Waals surface area contributed by atoms with Crippen LogP contribution in [-0.4, -0.2) is 101 Å². The summed E-state index contributed by atoms with van der Waals surface area (Å²) in [5, 5.41) is 0. The molecule has 10 nitrogen and oxygen atoms in total. The average Bonchev–Trinajstić information content (AvgIpc) is 3.57. The predicted molar refractivity (Wildman–Crippen MR) is 128 cm³/mol. The molecule has 0 bridgehead atoms. The van der Waals surface area contributed by atoms with E-state index in [-0.39, 0.29) is 43.1 Å². The molecule has 0 aromatic carbocycles. The van der Waals surface area contributed by atoms with Crippen molar-refractivity contribution < 1.29 is 40.7 Å². The molecule has 2 amide bonds. The molecule has 2 unspecified atom stereocenters. The van der Waals surface area contributed by atoms with Gasteiger partial charge in [-0.15, -0.1) is 0 Å². The van der Waals surface area contributed by atoms with Crippen LogP contribution < -0.4 is 15.8 Å². The smallest absolute Gasteiger partial charge is 0.373 e. The molecule has 5 heterocycles. The topological polar surface area (TPSA) is 103 Å². The number of rotatable bonds is 5. The summed E-state index contributed by atoms with van der Waals surface area (Å²) in [5.74, 6) is -3.16. The van der Waals surface area contributed by atoms with Crippen LogP contribution in [-0.2, 0) is 20.5 Å². The zero-order valence-electron chi connectivity index (χ0n) is 21.5. The Bertz CT molecular complexity index is 1060. The number of halogens is 6. The van der Waals surface area contributed by atoms with Crippen LogP contribution in [0.2, 0.25) is 0 Å². The van der Waals surface area contributed by atoms with E-state index in [0.717, 1.165) is 12.4 Å². The molecule has 4 saturated heterocycles. The summed E-state index contributed by atoms with van der Waals surface area (Å²) in [5.41, 5.74) is 3.75. The van der Waals surface area contributed by atoms with E-state index >= 15 is 0 Å². The molecule has 4 fully saturated rings. The molecule has 16 heteroatoms. The van der Waals surface area contributed by atoms with Gasteiger partial charge in [0, 0.05) is 57.2 Å². The third-order valence-corrected chi connectivity index (χ3v) is 8.16. The second-order valence-electron chi connectivity index (χ2n) is 10.6. The summed E-state index contributed by atoms with van der Waals surface area (Å²) in [4.78, 5) is 37.8. The zero-order chi connectivity index (χ0) is 28.7. The number of hydrazine groups is 1. The van der Waals surface area contributed by atoms with Gasteiger partial charge in [-0.25, -0.2) is 15.4 Å². The fourth-order valence-electron chi connectivity index (χ4n) is 6.19. The van der Waals surface area contributed by atoms with Gasteiger partial charge in [0.1, 0.15) is 0 Å². The fraction of sp³-hybridized carbons (Fsp3) is 0.750.